The van der Waals surface area contributed by atoms with Gasteiger partial charge < -0.3 is 4.98 Å². The highest BCUT2D eigenvalue weighted by atomic mass is 32.2. The maximum absolute atomic E-state index is 12.9. The smallest absolute Gasteiger partial charge is 0.273 e. The van der Waals surface area contributed by atoms with E-state index in [1.54, 1.807) is 6.92 Å². The van der Waals surface area contributed by atoms with E-state index >= 15 is 0 Å². The van der Waals surface area contributed by atoms with Gasteiger partial charge in [-0.1, -0.05) is 18.2 Å². The summed E-state index contributed by atoms with van der Waals surface area (Å²) >= 11 is 0. The summed E-state index contributed by atoms with van der Waals surface area (Å²) in [6.07, 6.45) is 0. The van der Waals surface area contributed by atoms with Crippen molar-refractivity contribution >= 4 is 26.7 Å². The van der Waals surface area contributed by atoms with Gasteiger partial charge in [-0.15, -0.1) is 0 Å². The zero-order chi connectivity index (χ0) is 20.6. The Kier molecular flexibility index (Phi) is 5.07. The molecule has 0 atom stereocenters. The van der Waals surface area contributed by atoms with Crippen molar-refractivity contribution < 1.29 is 13.3 Å². The molecule has 1 fully saturated rings. The third-order valence-electron chi connectivity index (χ3n) is 5.16. The molecule has 1 N–H and O–H groups in total. The fourth-order valence-electron chi connectivity index (χ4n) is 3.52. The summed E-state index contributed by atoms with van der Waals surface area (Å²) in [6.45, 7) is 3.97. The van der Waals surface area contributed by atoms with Gasteiger partial charge in [-0.3, -0.25) is 15.0 Å². The van der Waals surface area contributed by atoms with Crippen molar-refractivity contribution in [3.05, 3.63) is 64.0 Å². The molecule has 3 aromatic rings. The normalized spacial score (nSPS) is 16.3. The molecule has 2 aromatic carbocycles. The number of nitrogens with one attached hydrogen (secondary N) is 1. The Morgan fingerprint density at radius 2 is 1.86 bits per heavy atom. The fraction of sp³-hybridized carbons (Fsp3) is 0.316. The molecule has 0 radical (unpaired) electrons. The monoisotopic (exact) mass is 415 g/mol. The highest BCUT2D eigenvalue weighted by Gasteiger charge is 2.30. The van der Waals surface area contributed by atoms with Gasteiger partial charge in [0.2, 0.25) is 10.0 Å². The van der Waals surface area contributed by atoms with E-state index in [4.69, 9.17) is 0 Å². The molecule has 0 saturated carbocycles. The van der Waals surface area contributed by atoms with Crippen molar-refractivity contribution in [1.29, 1.82) is 0 Å². The lowest BCUT2D eigenvalue weighted by molar-refractivity contribution is -0.385. The van der Waals surface area contributed by atoms with Crippen molar-refractivity contribution in [2.75, 3.05) is 26.2 Å². The number of aromatic amines is 1. The first-order valence-corrected chi connectivity index (χ1v) is 10.7. The molecule has 1 aromatic heterocycles. The number of nitrogens with zero attached hydrogens (tertiary/aromatic N) is 4. The topological polar surface area (TPSA) is 112 Å². The molecule has 0 unspecified atom stereocenters. The van der Waals surface area contributed by atoms with Crippen LogP contribution in [-0.4, -0.2) is 58.7 Å². The van der Waals surface area contributed by atoms with Gasteiger partial charge in [-0.2, -0.15) is 4.31 Å². The summed E-state index contributed by atoms with van der Waals surface area (Å²) in [5.74, 6) is 0.844. The minimum Gasteiger partial charge on any atom is -0.341 e. The number of imidazole rings is 1. The second kappa shape index (κ2) is 7.54. The lowest BCUT2D eigenvalue weighted by atomic mass is 10.2. The number of nitro groups is 1. The standard InChI is InChI=1S/C19H21N5O4S/c1-14-6-7-15(12-18(14)24(25)26)29(27,28)23-10-8-22(9-11-23)13-19-20-16-4-2-3-5-17(16)21-19/h2-7,12H,8-11,13H2,1H3,(H,20,21). The Morgan fingerprint density at radius 3 is 2.55 bits per heavy atom. The minimum absolute atomic E-state index is 0.0412. The molecule has 9 nitrogen and oxygen atoms in total. The van der Waals surface area contributed by atoms with Crippen molar-refractivity contribution in [2.45, 2.75) is 18.4 Å². The number of H-pyrrole nitrogens is 1. The second-order valence-corrected chi connectivity index (χ2v) is 9.02. The van der Waals surface area contributed by atoms with Crippen LogP contribution in [0.15, 0.2) is 47.4 Å². The van der Waals surface area contributed by atoms with E-state index in [9.17, 15) is 18.5 Å². The average molecular weight is 415 g/mol. The molecule has 152 valence electrons. The van der Waals surface area contributed by atoms with E-state index in [1.807, 2.05) is 24.3 Å². The molecule has 0 amide bonds. The number of nitro benzene ring substituents is 1. The number of hydrogen-bond donors (Lipinski definition) is 1. The molecule has 1 aliphatic rings. The largest absolute Gasteiger partial charge is 0.341 e. The van der Waals surface area contributed by atoms with Gasteiger partial charge in [0, 0.05) is 37.8 Å². The van der Waals surface area contributed by atoms with E-state index in [1.165, 1.54) is 16.4 Å². The van der Waals surface area contributed by atoms with E-state index in [0.717, 1.165) is 22.9 Å². The van der Waals surface area contributed by atoms with Crippen LogP contribution in [0.25, 0.3) is 11.0 Å². The number of sulfonamides is 1. The summed E-state index contributed by atoms with van der Waals surface area (Å²) in [6, 6.07) is 11.8. The fourth-order valence-corrected chi connectivity index (χ4v) is 4.96. The van der Waals surface area contributed by atoms with E-state index in [0.29, 0.717) is 38.3 Å². The molecule has 29 heavy (non-hydrogen) atoms. The number of piperazine rings is 1. The molecule has 0 spiro atoms. The van der Waals surface area contributed by atoms with Crippen LogP contribution in [-0.2, 0) is 16.6 Å². The summed E-state index contributed by atoms with van der Waals surface area (Å²) < 4.78 is 27.2. The Balaban J connectivity index is 1.44. The minimum atomic E-state index is -3.77. The summed E-state index contributed by atoms with van der Waals surface area (Å²) in [5, 5.41) is 11.1. The predicted octanol–water partition coefficient (Wildman–Crippen LogP) is 2.29. The van der Waals surface area contributed by atoms with Crippen LogP contribution in [0.3, 0.4) is 0 Å². The van der Waals surface area contributed by atoms with Gasteiger partial charge in [-0.25, -0.2) is 13.4 Å². The second-order valence-electron chi connectivity index (χ2n) is 7.09. The van der Waals surface area contributed by atoms with Gasteiger partial charge in [-0.05, 0) is 25.1 Å². The van der Waals surface area contributed by atoms with E-state index in [-0.39, 0.29) is 10.6 Å². The van der Waals surface area contributed by atoms with Crippen LogP contribution in [0, 0.1) is 17.0 Å². The van der Waals surface area contributed by atoms with E-state index < -0.39 is 14.9 Å². The lowest BCUT2D eigenvalue weighted by Gasteiger charge is -2.33. The van der Waals surface area contributed by atoms with Crippen LogP contribution in [0.5, 0.6) is 0 Å². The van der Waals surface area contributed by atoms with Gasteiger partial charge in [0.25, 0.3) is 5.69 Å². The zero-order valence-corrected chi connectivity index (χ0v) is 16.7. The van der Waals surface area contributed by atoms with Crippen LogP contribution >= 0.6 is 0 Å². The van der Waals surface area contributed by atoms with Gasteiger partial charge >= 0.3 is 0 Å². The molecule has 1 saturated heterocycles. The molecule has 0 aliphatic carbocycles. The van der Waals surface area contributed by atoms with E-state index in [2.05, 4.69) is 14.9 Å². The average Bonchev–Trinajstić information content (AvgIpc) is 3.10. The van der Waals surface area contributed by atoms with Gasteiger partial charge in [0.05, 0.1) is 27.4 Å². The molecule has 10 heteroatoms. The van der Waals surface area contributed by atoms with Crippen molar-refractivity contribution in [1.82, 2.24) is 19.2 Å². The maximum atomic E-state index is 12.9. The number of hydrogen-bond acceptors (Lipinski definition) is 6. The number of aromatic nitrogens is 2. The third-order valence-corrected chi connectivity index (χ3v) is 7.05. The highest BCUT2D eigenvalue weighted by molar-refractivity contribution is 7.89. The Bertz CT molecular complexity index is 1130. The van der Waals surface area contributed by atoms with Crippen LogP contribution in [0.2, 0.25) is 0 Å². The predicted molar refractivity (Wildman–Crippen MR) is 108 cm³/mol. The lowest BCUT2D eigenvalue weighted by Crippen LogP contribution is -2.48. The Morgan fingerprint density at radius 1 is 1.14 bits per heavy atom. The third kappa shape index (κ3) is 3.86. The summed E-state index contributed by atoms with van der Waals surface area (Å²) in [4.78, 5) is 20.5. The van der Waals surface area contributed by atoms with Crippen molar-refractivity contribution in [3.63, 3.8) is 0 Å². The first-order valence-electron chi connectivity index (χ1n) is 9.26. The molecular weight excluding hydrogens is 394 g/mol. The van der Waals surface area contributed by atoms with Crippen molar-refractivity contribution in [2.24, 2.45) is 0 Å². The molecule has 2 heterocycles. The highest BCUT2D eigenvalue weighted by Crippen LogP contribution is 2.25. The molecule has 0 bridgehead atoms. The van der Waals surface area contributed by atoms with Crippen LogP contribution in [0.4, 0.5) is 5.69 Å². The quantitative estimate of drug-likeness (QED) is 0.505. The Labute approximate surface area is 168 Å². The van der Waals surface area contributed by atoms with Crippen molar-refractivity contribution in [3.8, 4) is 0 Å². The first-order chi connectivity index (χ1) is 13.8. The molecule has 4 rings (SSSR count). The van der Waals surface area contributed by atoms with Crippen LogP contribution < -0.4 is 0 Å². The number of benzene rings is 2. The maximum Gasteiger partial charge on any atom is 0.273 e. The first kappa shape index (κ1) is 19.5. The zero-order valence-electron chi connectivity index (χ0n) is 15.9. The number of fused-ring (bicyclic) bond motifs is 1. The number of para-hydroxylation sites is 2. The SMILES string of the molecule is Cc1ccc(S(=O)(=O)N2CCN(Cc3nc4ccccc4[nH]3)CC2)cc1[N+](=O)[O-]. The van der Waals surface area contributed by atoms with Gasteiger partial charge in [0.15, 0.2) is 0 Å². The van der Waals surface area contributed by atoms with Gasteiger partial charge in [0.1, 0.15) is 5.82 Å². The Hall–Kier alpha value is -2.82. The molecular formula is C19H21N5O4S. The molecule has 1 aliphatic heterocycles. The van der Waals surface area contributed by atoms with Crippen LogP contribution in [0.1, 0.15) is 11.4 Å². The summed E-state index contributed by atoms with van der Waals surface area (Å²) in [5.41, 5.74) is 2.13. The number of aryl methyl sites for hydroxylation is 1. The summed E-state index contributed by atoms with van der Waals surface area (Å²) in [7, 11) is -3.77. The number of rotatable bonds is 5.